The Kier molecular flexibility index (Phi) is 4.07. The van der Waals surface area contributed by atoms with Crippen molar-refractivity contribution >= 4 is 29.5 Å². The van der Waals surface area contributed by atoms with Crippen LogP contribution in [0.2, 0.25) is 0 Å². The fraction of sp³-hybridized carbons (Fsp3) is 0.545. The van der Waals surface area contributed by atoms with Gasteiger partial charge in [0.25, 0.3) is 5.91 Å². The smallest absolute Gasteiger partial charge is 0.313 e. The van der Waals surface area contributed by atoms with Gasteiger partial charge >= 0.3 is 5.97 Å². The van der Waals surface area contributed by atoms with Gasteiger partial charge in [-0.2, -0.15) is 0 Å². The van der Waals surface area contributed by atoms with Crippen molar-refractivity contribution in [3.05, 3.63) is 5.82 Å². The molecule has 1 saturated heterocycles. The molecule has 0 bridgehead atoms. The summed E-state index contributed by atoms with van der Waals surface area (Å²) in [6, 6.07) is -0.672. The number of carboxylic acid groups (broad SMARTS) is 1. The lowest BCUT2D eigenvalue weighted by Crippen LogP contribution is -2.27. The number of aromatic nitrogens is 3. The summed E-state index contributed by atoms with van der Waals surface area (Å²) in [6.07, 6.45) is 0.601. The number of carbonyl (C=O) groups excluding carboxylic acids is 2. The van der Waals surface area contributed by atoms with Crippen LogP contribution in [0.1, 0.15) is 25.2 Å². The number of amides is 2. The Bertz CT molecular complexity index is 571. The molecular weight excluding hydrogens is 284 g/mol. The molecule has 20 heavy (non-hydrogen) atoms. The van der Waals surface area contributed by atoms with E-state index in [1.807, 2.05) is 6.92 Å². The van der Waals surface area contributed by atoms with Crippen molar-refractivity contribution in [3.63, 3.8) is 0 Å². The van der Waals surface area contributed by atoms with Crippen LogP contribution in [0.15, 0.2) is 5.16 Å². The summed E-state index contributed by atoms with van der Waals surface area (Å²) in [5.74, 6) is -1.16. The summed E-state index contributed by atoms with van der Waals surface area (Å²) in [5, 5.41) is 17.0. The Labute approximate surface area is 119 Å². The molecule has 1 N–H and O–H groups in total. The lowest BCUT2D eigenvalue weighted by atomic mass is 10.2. The molecule has 1 aliphatic heterocycles. The van der Waals surface area contributed by atoms with Gasteiger partial charge in [0.2, 0.25) is 5.91 Å². The SMILES string of the molecule is CCc1nnc(SCC(=O)O)n1C1CC(=O)N(C)C1=O. The molecule has 2 heterocycles. The maximum atomic E-state index is 12.1. The third-order valence-corrected chi connectivity index (χ3v) is 3.97. The zero-order valence-electron chi connectivity index (χ0n) is 11.1. The van der Waals surface area contributed by atoms with Crippen molar-refractivity contribution in [3.8, 4) is 0 Å². The van der Waals surface area contributed by atoms with Gasteiger partial charge in [0.15, 0.2) is 5.16 Å². The quantitative estimate of drug-likeness (QED) is 0.600. The van der Waals surface area contributed by atoms with E-state index in [1.54, 1.807) is 4.57 Å². The lowest BCUT2D eigenvalue weighted by molar-refractivity contribution is -0.137. The summed E-state index contributed by atoms with van der Waals surface area (Å²) in [7, 11) is 1.44. The first kappa shape index (κ1) is 14.5. The number of aliphatic carboxylic acids is 1. The molecule has 0 aromatic carbocycles. The molecule has 1 aromatic rings. The van der Waals surface area contributed by atoms with Gasteiger partial charge in [-0.25, -0.2) is 0 Å². The van der Waals surface area contributed by atoms with Crippen molar-refractivity contribution in [1.82, 2.24) is 19.7 Å². The van der Waals surface area contributed by atoms with E-state index in [2.05, 4.69) is 10.2 Å². The normalized spacial score (nSPS) is 18.9. The molecule has 0 aliphatic carbocycles. The Morgan fingerprint density at radius 3 is 2.65 bits per heavy atom. The van der Waals surface area contributed by atoms with Gasteiger partial charge in [-0.05, 0) is 0 Å². The second kappa shape index (κ2) is 5.61. The van der Waals surface area contributed by atoms with E-state index in [0.29, 0.717) is 17.4 Å². The van der Waals surface area contributed by atoms with E-state index in [-0.39, 0.29) is 24.0 Å². The maximum Gasteiger partial charge on any atom is 0.313 e. The number of nitrogens with zero attached hydrogens (tertiary/aromatic N) is 4. The predicted molar refractivity (Wildman–Crippen MR) is 69.2 cm³/mol. The molecule has 1 atom stereocenters. The van der Waals surface area contributed by atoms with Crippen molar-refractivity contribution in [1.29, 1.82) is 0 Å². The van der Waals surface area contributed by atoms with Gasteiger partial charge < -0.3 is 5.11 Å². The van der Waals surface area contributed by atoms with Crippen LogP contribution in [0.3, 0.4) is 0 Å². The van der Waals surface area contributed by atoms with Crippen LogP contribution >= 0.6 is 11.8 Å². The van der Waals surface area contributed by atoms with Gasteiger partial charge in [0, 0.05) is 13.5 Å². The average molecular weight is 298 g/mol. The van der Waals surface area contributed by atoms with E-state index in [0.717, 1.165) is 16.7 Å². The average Bonchev–Trinajstić information content (AvgIpc) is 2.92. The number of aryl methyl sites for hydroxylation is 1. The van der Waals surface area contributed by atoms with Crippen LogP contribution in [0, 0.1) is 0 Å². The van der Waals surface area contributed by atoms with Crippen molar-refractivity contribution in [2.75, 3.05) is 12.8 Å². The Balaban J connectivity index is 2.34. The topological polar surface area (TPSA) is 105 Å². The zero-order chi connectivity index (χ0) is 14.9. The Morgan fingerprint density at radius 1 is 1.45 bits per heavy atom. The molecule has 0 spiro atoms. The monoisotopic (exact) mass is 298 g/mol. The second-order valence-corrected chi connectivity index (χ2v) is 5.26. The summed E-state index contributed by atoms with van der Waals surface area (Å²) in [5.41, 5.74) is 0. The first-order chi connectivity index (χ1) is 9.45. The van der Waals surface area contributed by atoms with Crippen molar-refractivity contribution < 1.29 is 19.5 Å². The molecule has 2 amide bonds. The number of carbonyl (C=O) groups is 3. The van der Waals surface area contributed by atoms with Crippen LogP contribution in [0.5, 0.6) is 0 Å². The Morgan fingerprint density at radius 2 is 2.15 bits per heavy atom. The highest BCUT2D eigenvalue weighted by Gasteiger charge is 2.39. The first-order valence-corrected chi connectivity index (χ1v) is 7.03. The fourth-order valence-corrected chi connectivity index (χ4v) is 2.75. The third kappa shape index (κ3) is 2.53. The molecule has 2 rings (SSSR count). The van der Waals surface area contributed by atoms with Crippen LogP contribution < -0.4 is 0 Å². The minimum Gasteiger partial charge on any atom is -0.481 e. The number of likely N-dealkylation sites (N-methyl/N-ethyl adjacent to an activating group) is 1. The van der Waals surface area contributed by atoms with Crippen molar-refractivity contribution in [2.24, 2.45) is 0 Å². The number of imide groups is 1. The molecule has 1 fully saturated rings. The van der Waals surface area contributed by atoms with Gasteiger partial charge in [0.1, 0.15) is 11.9 Å². The number of likely N-dealkylation sites (tertiary alicyclic amines) is 1. The number of rotatable bonds is 5. The van der Waals surface area contributed by atoms with Gasteiger partial charge in [-0.3, -0.25) is 23.9 Å². The third-order valence-electron chi connectivity index (χ3n) is 3.05. The molecule has 9 heteroatoms. The van der Waals surface area contributed by atoms with Gasteiger partial charge in [-0.1, -0.05) is 18.7 Å². The molecule has 8 nitrogen and oxygen atoms in total. The summed E-state index contributed by atoms with van der Waals surface area (Å²) < 4.78 is 1.58. The highest BCUT2D eigenvalue weighted by atomic mass is 32.2. The van der Waals surface area contributed by atoms with E-state index in [4.69, 9.17) is 5.11 Å². The van der Waals surface area contributed by atoms with E-state index < -0.39 is 12.0 Å². The van der Waals surface area contributed by atoms with Gasteiger partial charge in [-0.15, -0.1) is 10.2 Å². The first-order valence-electron chi connectivity index (χ1n) is 6.04. The number of hydrogen-bond donors (Lipinski definition) is 1. The van der Waals surface area contributed by atoms with Crippen LogP contribution in [-0.4, -0.2) is 55.4 Å². The van der Waals surface area contributed by atoms with E-state index in [1.165, 1.54) is 7.05 Å². The van der Waals surface area contributed by atoms with Crippen LogP contribution in [0.25, 0.3) is 0 Å². The fourth-order valence-electron chi connectivity index (χ4n) is 2.02. The predicted octanol–water partition coefficient (Wildman–Crippen LogP) is -0.0530. The number of hydrogen-bond acceptors (Lipinski definition) is 6. The Hall–Kier alpha value is -1.90. The lowest BCUT2D eigenvalue weighted by Gasteiger charge is -2.14. The molecular formula is C11H14N4O4S. The second-order valence-electron chi connectivity index (χ2n) is 4.32. The molecule has 108 valence electrons. The highest BCUT2D eigenvalue weighted by Crippen LogP contribution is 2.29. The summed E-state index contributed by atoms with van der Waals surface area (Å²) in [6.45, 7) is 1.86. The van der Waals surface area contributed by atoms with E-state index in [9.17, 15) is 14.4 Å². The molecule has 0 radical (unpaired) electrons. The number of thioether (sulfide) groups is 1. The van der Waals surface area contributed by atoms with Gasteiger partial charge in [0.05, 0.1) is 12.2 Å². The summed E-state index contributed by atoms with van der Waals surface area (Å²) in [4.78, 5) is 35.4. The minimum atomic E-state index is -0.978. The zero-order valence-corrected chi connectivity index (χ0v) is 11.9. The summed E-state index contributed by atoms with van der Waals surface area (Å²) >= 11 is 0.990. The van der Waals surface area contributed by atoms with Crippen molar-refractivity contribution in [2.45, 2.75) is 31.0 Å². The molecule has 1 aliphatic rings. The van der Waals surface area contributed by atoms with E-state index >= 15 is 0 Å². The molecule has 1 aromatic heterocycles. The van der Waals surface area contributed by atoms with Crippen LogP contribution in [0.4, 0.5) is 0 Å². The standard InChI is InChI=1S/C11H14N4O4S/c1-3-7-12-13-11(20-5-9(17)18)15(7)6-4-8(16)14(2)10(6)19/h6H,3-5H2,1-2H3,(H,17,18). The minimum absolute atomic E-state index is 0.0566. The highest BCUT2D eigenvalue weighted by molar-refractivity contribution is 7.99. The molecule has 0 saturated carbocycles. The van der Waals surface area contributed by atoms with Crippen LogP contribution in [-0.2, 0) is 20.8 Å². The molecule has 1 unspecified atom stereocenters. The maximum absolute atomic E-state index is 12.1. The number of carboxylic acids is 1. The largest absolute Gasteiger partial charge is 0.481 e.